The largest absolute Gasteiger partial charge is 0.373 e. The maximum Gasteiger partial charge on any atom is 0.256 e. The fourth-order valence-electron chi connectivity index (χ4n) is 2.98. The molecular weight excluding hydrogens is 300 g/mol. The number of hydrogen-bond donors (Lipinski definition) is 1. The number of amides is 2. The van der Waals surface area contributed by atoms with E-state index in [1.54, 1.807) is 0 Å². The second kappa shape index (κ2) is 6.11. The van der Waals surface area contributed by atoms with Gasteiger partial charge in [-0.3, -0.25) is 9.59 Å². The van der Waals surface area contributed by atoms with Crippen molar-refractivity contribution < 1.29 is 9.59 Å². The summed E-state index contributed by atoms with van der Waals surface area (Å²) >= 11 is 0. The number of anilines is 2. The molecule has 2 aromatic carbocycles. The molecule has 3 rings (SSSR count). The topological polar surface area (TPSA) is 49.4 Å². The van der Waals surface area contributed by atoms with Crippen molar-refractivity contribution in [3.05, 3.63) is 58.7 Å². The normalized spacial score (nSPS) is 17.5. The first-order chi connectivity index (χ1) is 11.4. The summed E-state index contributed by atoms with van der Waals surface area (Å²) < 4.78 is 0. The lowest BCUT2D eigenvalue weighted by Crippen LogP contribution is -2.35. The molecule has 1 heterocycles. The summed E-state index contributed by atoms with van der Waals surface area (Å²) in [5.74, 6) is -0.352. The van der Waals surface area contributed by atoms with Gasteiger partial charge in [0.2, 0.25) is 5.91 Å². The number of rotatable bonds is 3. The Labute approximate surface area is 142 Å². The zero-order valence-electron chi connectivity index (χ0n) is 14.5. The fraction of sp³-hybridized carbons (Fsp3) is 0.300. The molecule has 2 aromatic rings. The molecule has 124 valence electrons. The molecule has 0 spiro atoms. The monoisotopic (exact) mass is 322 g/mol. The van der Waals surface area contributed by atoms with E-state index in [4.69, 9.17) is 0 Å². The van der Waals surface area contributed by atoms with E-state index in [0.29, 0.717) is 5.69 Å². The Kier molecular flexibility index (Phi) is 4.14. The molecule has 1 aliphatic rings. The fourth-order valence-corrected chi connectivity index (χ4v) is 2.98. The molecule has 4 nitrogen and oxygen atoms in total. The number of carbonyl (C=O) groups excluding carboxylic acids is 2. The molecule has 1 saturated heterocycles. The predicted molar refractivity (Wildman–Crippen MR) is 96.4 cm³/mol. The Balaban J connectivity index is 1.86. The summed E-state index contributed by atoms with van der Waals surface area (Å²) in [6.45, 7) is 8.04. The standard InChI is InChI=1S/C20H22N2O2/c1-12-8-9-16(10-14(12)3)22-19(23)11-18(20(22)24)21-17-7-5-6-13(2)15(17)4/h5-10,18,21H,11H2,1-4H3/t18-/m0/s1. The van der Waals surface area contributed by atoms with Crippen LogP contribution in [0.3, 0.4) is 0 Å². The van der Waals surface area contributed by atoms with Crippen molar-refractivity contribution in [2.24, 2.45) is 0 Å². The van der Waals surface area contributed by atoms with Crippen molar-refractivity contribution in [3.63, 3.8) is 0 Å². The smallest absolute Gasteiger partial charge is 0.256 e. The molecule has 2 amide bonds. The predicted octanol–water partition coefficient (Wildman–Crippen LogP) is 3.66. The summed E-state index contributed by atoms with van der Waals surface area (Å²) in [4.78, 5) is 26.5. The van der Waals surface area contributed by atoms with E-state index in [0.717, 1.165) is 27.9 Å². The van der Waals surface area contributed by atoms with Crippen LogP contribution < -0.4 is 10.2 Å². The number of nitrogens with zero attached hydrogens (tertiary/aromatic N) is 1. The maximum atomic E-state index is 12.8. The van der Waals surface area contributed by atoms with Crippen molar-refractivity contribution in [2.75, 3.05) is 10.2 Å². The Morgan fingerprint density at radius 1 is 0.958 bits per heavy atom. The number of nitrogens with one attached hydrogen (secondary N) is 1. The van der Waals surface area contributed by atoms with Crippen LogP contribution in [0.1, 0.15) is 28.7 Å². The van der Waals surface area contributed by atoms with E-state index in [1.165, 1.54) is 4.90 Å². The van der Waals surface area contributed by atoms with E-state index in [1.807, 2.05) is 64.1 Å². The van der Waals surface area contributed by atoms with Crippen LogP contribution >= 0.6 is 0 Å². The summed E-state index contributed by atoms with van der Waals surface area (Å²) in [6, 6.07) is 11.1. The highest BCUT2D eigenvalue weighted by atomic mass is 16.2. The third-order valence-electron chi connectivity index (χ3n) is 4.83. The van der Waals surface area contributed by atoms with Gasteiger partial charge in [-0.1, -0.05) is 18.2 Å². The van der Waals surface area contributed by atoms with Crippen LogP contribution in [-0.4, -0.2) is 17.9 Å². The van der Waals surface area contributed by atoms with Gasteiger partial charge in [0.15, 0.2) is 0 Å². The molecule has 0 aromatic heterocycles. The maximum absolute atomic E-state index is 12.8. The quantitative estimate of drug-likeness (QED) is 0.877. The second-order valence-electron chi connectivity index (χ2n) is 6.48. The highest BCUT2D eigenvalue weighted by molar-refractivity contribution is 6.23. The third kappa shape index (κ3) is 2.80. The lowest BCUT2D eigenvalue weighted by Gasteiger charge is -2.18. The minimum Gasteiger partial charge on any atom is -0.373 e. The summed E-state index contributed by atoms with van der Waals surface area (Å²) in [5.41, 5.74) is 6.02. The second-order valence-corrected chi connectivity index (χ2v) is 6.48. The lowest BCUT2D eigenvalue weighted by atomic mass is 10.1. The van der Waals surface area contributed by atoms with E-state index in [9.17, 15) is 9.59 Å². The minimum absolute atomic E-state index is 0.161. The number of imide groups is 1. The Bertz CT molecular complexity index is 826. The van der Waals surface area contributed by atoms with Gasteiger partial charge in [0.25, 0.3) is 5.91 Å². The van der Waals surface area contributed by atoms with Gasteiger partial charge in [-0.2, -0.15) is 0 Å². The van der Waals surface area contributed by atoms with Gasteiger partial charge in [-0.05, 0) is 68.1 Å². The van der Waals surface area contributed by atoms with Gasteiger partial charge in [0.1, 0.15) is 6.04 Å². The molecule has 1 atom stereocenters. The van der Waals surface area contributed by atoms with Crippen molar-refractivity contribution in [1.29, 1.82) is 0 Å². The van der Waals surface area contributed by atoms with Gasteiger partial charge < -0.3 is 5.32 Å². The first-order valence-electron chi connectivity index (χ1n) is 8.15. The van der Waals surface area contributed by atoms with Gasteiger partial charge in [0.05, 0.1) is 12.1 Å². The van der Waals surface area contributed by atoms with Crippen LogP contribution in [0.5, 0.6) is 0 Å². The number of benzene rings is 2. The zero-order chi connectivity index (χ0) is 17.4. The SMILES string of the molecule is Cc1ccc(N2C(=O)C[C@H](Nc3cccc(C)c3C)C2=O)cc1C. The van der Waals surface area contributed by atoms with Crippen molar-refractivity contribution in [1.82, 2.24) is 0 Å². The average Bonchev–Trinajstić information content (AvgIpc) is 2.81. The van der Waals surface area contributed by atoms with Crippen molar-refractivity contribution in [3.8, 4) is 0 Å². The van der Waals surface area contributed by atoms with Crippen molar-refractivity contribution >= 4 is 23.2 Å². The molecule has 4 heteroatoms. The van der Waals surface area contributed by atoms with Crippen LogP contribution in [0.2, 0.25) is 0 Å². The first-order valence-corrected chi connectivity index (χ1v) is 8.15. The van der Waals surface area contributed by atoms with Gasteiger partial charge in [-0.25, -0.2) is 4.90 Å². The van der Waals surface area contributed by atoms with Gasteiger partial charge >= 0.3 is 0 Å². The lowest BCUT2D eigenvalue weighted by molar-refractivity contribution is -0.121. The Morgan fingerprint density at radius 3 is 2.42 bits per heavy atom. The van der Waals surface area contributed by atoms with Crippen LogP contribution in [0.15, 0.2) is 36.4 Å². The Morgan fingerprint density at radius 2 is 1.71 bits per heavy atom. The van der Waals surface area contributed by atoms with E-state index in [2.05, 4.69) is 5.32 Å². The molecule has 1 fully saturated rings. The molecule has 0 aliphatic carbocycles. The van der Waals surface area contributed by atoms with Crippen LogP contribution in [-0.2, 0) is 9.59 Å². The molecule has 0 radical (unpaired) electrons. The van der Waals surface area contributed by atoms with Crippen LogP contribution in [0.25, 0.3) is 0 Å². The first kappa shape index (κ1) is 16.2. The van der Waals surface area contributed by atoms with E-state index < -0.39 is 6.04 Å². The molecule has 24 heavy (non-hydrogen) atoms. The molecule has 1 N–H and O–H groups in total. The van der Waals surface area contributed by atoms with Crippen LogP contribution in [0.4, 0.5) is 11.4 Å². The third-order valence-corrected chi connectivity index (χ3v) is 4.83. The van der Waals surface area contributed by atoms with E-state index in [-0.39, 0.29) is 18.2 Å². The molecule has 0 unspecified atom stereocenters. The molecule has 0 saturated carbocycles. The molecular formula is C20H22N2O2. The molecule has 1 aliphatic heterocycles. The Hall–Kier alpha value is -2.62. The molecule has 0 bridgehead atoms. The number of hydrogen-bond acceptors (Lipinski definition) is 3. The highest BCUT2D eigenvalue weighted by Crippen LogP contribution is 2.28. The average molecular weight is 322 g/mol. The highest BCUT2D eigenvalue weighted by Gasteiger charge is 2.39. The number of aryl methyl sites for hydroxylation is 3. The summed E-state index contributed by atoms with van der Waals surface area (Å²) in [6.07, 6.45) is 0.180. The summed E-state index contributed by atoms with van der Waals surface area (Å²) in [7, 11) is 0. The number of carbonyl (C=O) groups is 2. The van der Waals surface area contributed by atoms with Gasteiger partial charge in [0, 0.05) is 5.69 Å². The van der Waals surface area contributed by atoms with Crippen molar-refractivity contribution in [2.45, 2.75) is 40.2 Å². The zero-order valence-corrected chi connectivity index (χ0v) is 14.5. The van der Waals surface area contributed by atoms with Crippen LogP contribution in [0, 0.1) is 27.7 Å². The minimum atomic E-state index is -0.514. The van der Waals surface area contributed by atoms with Gasteiger partial charge in [-0.15, -0.1) is 0 Å². The van der Waals surface area contributed by atoms with E-state index >= 15 is 0 Å². The summed E-state index contributed by atoms with van der Waals surface area (Å²) in [5, 5.41) is 3.24.